The van der Waals surface area contributed by atoms with Crippen LogP contribution >= 0.6 is 0 Å². The lowest BCUT2D eigenvalue weighted by atomic mass is 10.1. The van der Waals surface area contributed by atoms with E-state index in [-0.39, 0.29) is 0 Å². The minimum Gasteiger partial charge on any atom is -0.493 e. The Morgan fingerprint density at radius 3 is 2.61 bits per heavy atom. The summed E-state index contributed by atoms with van der Waals surface area (Å²) >= 11 is 0. The molecule has 2 heterocycles. The first kappa shape index (κ1) is 14.8. The summed E-state index contributed by atoms with van der Waals surface area (Å²) in [6.07, 6.45) is 5.06. The van der Waals surface area contributed by atoms with Gasteiger partial charge in [0.05, 0.1) is 25.5 Å². The van der Waals surface area contributed by atoms with Crippen LogP contribution in [0.25, 0.3) is 11.8 Å². The number of nitrogens with zero attached hydrogens (tertiary/aromatic N) is 1. The molecule has 116 valence electrons. The zero-order chi connectivity index (χ0) is 16.2. The van der Waals surface area contributed by atoms with E-state index >= 15 is 0 Å². The SMILES string of the molecule is COc1ccc(C2=C/C(=C/c3ccccn3)C(=O)O2)cc1OC. The average molecular weight is 309 g/mol. The number of ether oxygens (including phenoxy) is 3. The Balaban J connectivity index is 1.94. The molecule has 23 heavy (non-hydrogen) atoms. The molecule has 0 unspecified atom stereocenters. The lowest BCUT2D eigenvalue weighted by Gasteiger charge is -2.09. The van der Waals surface area contributed by atoms with Gasteiger partial charge in [-0.15, -0.1) is 0 Å². The first-order valence-corrected chi connectivity index (χ1v) is 7.00. The largest absolute Gasteiger partial charge is 0.493 e. The topological polar surface area (TPSA) is 57.7 Å². The van der Waals surface area contributed by atoms with E-state index in [2.05, 4.69) is 4.98 Å². The second kappa shape index (κ2) is 6.36. The number of cyclic esters (lactones) is 1. The number of rotatable bonds is 4. The van der Waals surface area contributed by atoms with Crippen LogP contribution in [-0.4, -0.2) is 25.2 Å². The first-order chi connectivity index (χ1) is 11.2. The Morgan fingerprint density at radius 1 is 1.09 bits per heavy atom. The lowest BCUT2D eigenvalue weighted by molar-refractivity contribution is -0.130. The maximum Gasteiger partial charge on any atom is 0.343 e. The number of hydrogen-bond donors (Lipinski definition) is 0. The molecule has 0 spiro atoms. The molecule has 1 aromatic heterocycles. The zero-order valence-electron chi connectivity index (χ0n) is 12.8. The summed E-state index contributed by atoms with van der Waals surface area (Å²) in [7, 11) is 3.13. The van der Waals surface area contributed by atoms with Gasteiger partial charge in [0.25, 0.3) is 0 Å². The van der Waals surface area contributed by atoms with Crippen molar-refractivity contribution in [2.45, 2.75) is 0 Å². The molecule has 5 heteroatoms. The van der Waals surface area contributed by atoms with Gasteiger partial charge in [-0.1, -0.05) is 6.07 Å². The van der Waals surface area contributed by atoms with Crippen molar-refractivity contribution >= 4 is 17.8 Å². The molecule has 0 saturated carbocycles. The standard InChI is InChI=1S/C18H15NO4/c1-21-15-7-6-12(10-17(15)22-2)16-11-13(18(20)23-16)9-14-5-3-4-8-19-14/h3-11H,1-2H3/b13-9-. The van der Waals surface area contributed by atoms with Crippen LogP contribution in [0.2, 0.25) is 0 Å². The fraction of sp³-hybridized carbons (Fsp3) is 0.111. The highest BCUT2D eigenvalue weighted by Crippen LogP contribution is 2.33. The van der Waals surface area contributed by atoms with E-state index in [1.165, 1.54) is 0 Å². The van der Waals surface area contributed by atoms with Crippen molar-refractivity contribution in [3.63, 3.8) is 0 Å². The van der Waals surface area contributed by atoms with E-state index in [0.29, 0.717) is 28.5 Å². The van der Waals surface area contributed by atoms with E-state index in [4.69, 9.17) is 14.2 Å². The molecule has 1 aliphatic rings. The first-order valence-electron chi connectivity index (χ1n) is 7.00. The van der Waals surface area contributed by atoms with Crippen LogP contribution in [0.1, 0.15) is 11.3 Å². The molecule has 0 atom stereocenters. The summed E-state index contributed by atoms with van der Waals surface area (Å²) in [6, 6.07) is 10.8. The monoisotopic (exact) mass is 309 g/mol. The molecule has 0 bridgehead atoms. The molecule has 2 aromatic rings. The highest BCUT2D eigenvalue weighted by molar-refractivity contribution is 6.05. The van der Waals surface area contributed by atoms with Crippen molar-refractivity contribution in [1.29, 1.82) is 0 Å². The number of pyridine rings is 1. The Labute approximate surface area is 133 Å². The fourth-order valence-electron chi connectivity index (χ4n) is 2.24. The van der Waals surface area contributed by atoms with Gasteiger partial charge in [-0.2, -0.15) is 0 Å². The van der Waals surface area contributed by atoms with Gasteiger partial charge in [0.2, 0.25) is 0 Å². The predicted octanol–water partition coefficient (Wildman–Crippen LogP) is 3.08. The van der Waals surface area contributed by atoms with Crippen LogP contribution in [0.5, 0.6) is 11.5 Å². The van der Waals surface area contributed by atoms with Gasteiger partial charge in [-0.25, -0.2) is 4.79 Å². The normalized spacial score (nSPS) is 15.3. The lowest BCUT2D eigenvalue weighted by Crippen LogP contribution is -1.98. The van der Waals surface area contributed by atoms with Crippen molar-refractivity contribution in [1.82, 2.24) is 4.98 Å². The molecule has 1 aliphatic heterocycles. The molecule has 5 nitrogen and oxygen atoms in total. The molecule has 0 N–H and O–H groups in total. The summed E-state index contributed by atoms with van der Waals surface area (Å²) in [5, 5.41) is 0. The van der Waals surface area contributed by atoms with E-state index in [9.17, 15) is 4.79 Å². The zero-order valence-corrected chi connectivity index (χ0v) is 12.8. The maximum atomic E-state index is 12.0. The van der Waals surface area contributed by atoms with Crippen molar-refractivity contribution in [2.24, 2.45) is 0 Å². The average Bonchev–Trinajstić information content (AvgIpc) is 2.96. The third-order valence-electron chi connectivity index (χ3n) is 3.38. The molecule has 0 aliphatic carbocycles. The maximum absolute atomic E-state index is 12.0. The molecular weight excluding hydrogens is 294 g/mol. The third-order valence-corrected chi connectivity index (χ3v) is 3.38. The smallest absolute Gasteiger partial charge is 0.343 e. The predicted molar refractivity (Wildman–Crippen MR) is 85.8 cm³/mol. The summed E-state index contributed by atoms with van der Waals surface area (Å²) in [4.78, 5) is 16.2. The molecule has 1 aromatic carbocycles. The van der Waals surface area contributed by atoms with Gasteiger partial charge in [-0.05, 0) is 42.5 Å². The summed E-state index contributed by atoms with van der Waals surface area (Å²) < 4.78 is 15.8. The molecule has 0 radical (unpaired) electrons. The second-order valence-corrected chi connectivity index (χ2v) is 4.82. The molecule has 0 fully saturated rings. The van der Waals surface area contributed by atoms with Crippen molar-refractivity contribution in [2.75, 3.05) is 14.2 Å². The third kappa shape index (κ3) is 3.08. The van der Waals surface area contributed by atoms with Gasteiger partial charge in [0, 0.05) is 11.8 Å². The minimum absolute atomic E-state index is 0.402. The minimum atomic E-state index is -0.402. The van der Waals surface area contributed by atoms with Crippen LogP contribution in [-0.2, 0) is 9.53 Å². The van der Waals surface area contributed by atoms with Gasteiger partial charge >= 0.3 is 5.97 Å². The number of hydrogen-bond acceptors (Lipinski definition) is 5. The highest BCUT2D eigenvalue weighted by atomic mass is 16.5. The summed E-state index contributed by atoms with van der Waals surface area (Å²) in [5.41, 5.74) is 1.89. The van der Waals surface area contributed by atoms with Crippen LogP contribution in [0.3, 0.4) is 0 Å². The van der Waals surface area contributed by atoms with E-state index in [1.807, 2.05) is 24.3 Å². The van der Waals surface area contributed by atoms with E-state index in [0.717, 1.165) is 5.56 Å². The Hall–Kier alpha value is -3.08. The Bertz CT molecular complexity index is 794. The number of benzene rings is 1. The van der Waals surface area contributed by atoms with Crippen LogP contribution in [0.4, 0.5) is 0 Å². The van der Waals surface area contributed by atoms with Gasteiger partial charge in [0.15, 0.2) is 11.5 Å². The number of methoxy groups -OCH3 is 2. The van der Waals surface area contributed by atoms with Crippen molar-refractivity contribution < 1.29 is 19.0 Å². The van der Waals surface area contributed by atoms with Gasteiger partial charge in [0.1, 0.15) is 5.76 Å². The molecule has 0 saturated heterocycles. The molecule has 3 rings (SSSR count). The number of carbonyl (C=O) groups excluding carboxylic acids is 1. The van der Waals surface area contributed by atoms with E-state index in [1.54, 1.807) is 44.7 Å². The van der Waals surface area contributed by atoms with Crippen LogP contribution in [0, 0.1) is 0 Å². The fourth-order valence-corrected chi connectivity index (χ4v) is 2.24. The summed E-state index contributed by atoms with van der Waals surface area (Å²) in [6.45, 7) is 0. The van der Waals surface area contributed by atoms with E-state index < -0.39 is 5.97 Å². The molecular formula is C18H15NO4. The van der Waals surface area contributed by atoms with Crippen molar-refractivity contribution in [3.8, 4) is 11.5 Å². The number of carbonyl (C=O) groups is 1. The Kier molecular flexibility index (Phi) is 4.10. The second-order valence-electron chi connectivity index (χ2n) is 4.82. The number of aromatic nitrogens is 1. The number of esters is 1. The van der Waals surface area contributed by atoms with Gasteiger partial charge in [-0.3, -0.25) is 4.98 Å². The quantitative estimate of drug-likeness (QED) is 0.641. The van der Waals surface area contributed by atoms with Crippen molar-refractivity contribution in [3.05, 3.63) is 65.5 Å². The van der Waals surface area contributed by atoms with Crippen LogP contribution < -0.4 is 9.47 Å². The summed E-state index contributed by atoms with van der Waals surface area (Å²) in [5.74, 6) is 1.26. The molecule has 0 amide bonds. The van der Waals surface area contributed by atoms with Gasteiger partial charge < -0.3 is 14.2 Å². The highest BCUT2D eigenvalue weighted by Gasteiger charge is 2.23. The Morgan fingerprint density at radius 2 is 1.91 bits per heavy atom. The van der Waals surface area contributed by atoms with Crippen LogP contribution in [0.15, 0.2) is 54.2 Å².